The summed E-state index contributed by atoms with van der Waals surface area (Å²) in [6.07, 6.45) is 1.64. The summed E-state index contributed by atoms with van der Waals surface area (Å²) in [5, 5.41) is 2.66. The van der Waals surface area contributed by atoms with Gasteiger partial charge in [-0.1, -0.05) is 29.8 Å². The number of ether oxygens (including phenoxy) is 1. The SMILES string of the molecule is Cc1ccc(S(=O)(=O)N2CC(C(=O)Nc3ccc(S(=O)(=O)Nc4ncccn4)cc3)Oc3ccccc32)cc1. The number of aryl methyl sites for hydroxylation is 1. The first-order valence-corrected chi connectivity index (χ1v) is 14.6. The van der Waals surface area contributed by atoms with Crippen LogP contribution in [0.5, 0.6) is 5.75 Å². The summed E-state index contributed by atoms with van der Waals surface area (Å²) in [5.74, 6) is -0.426. The number of carbonyl (C=O) groups is 1. The van der Waals surface area contributed by atoms with Gasteiger partial charge in [-0.25, -0.2) is 31.5 Å². The summed E-state index contributed by atoms with van der Waals surface area (Å²) < 4.78 is 61.5. The maximum absolute atomic E-state index is 13.5. The molecule has 0 spiro atoms. The molecule has 1 aliphatic rings. The smallest absolute Gasteiger partial charge is 0.267 e. The number of amides is 1. The molecule has 0 saturated carbocycles. The molecule has 4 aromatic rings. The van der Waals surface area contributed by atoms with Gasteiger partial charge in [-0.05, 0) is 61.5 Å². The van der Waals surface area contributed by atoms with E-state index in [1.54, 1.807) is 42.5 Å². The third-order valence-corrected chi connectivity index (χ3v) is 9.00. The second kappa shape index (κ2) is 10.3. The molecule has 0 radical (unpaired) electrons. The molecule has 1 unspecified atom stereocenters. The van der Waals surface area contributed by atoms with E-state index in [0.29, 0.717) is 11.4 Å². The number of sulfonamides is 2. The Kier molecular flexibility index (Phi) is 6.93. The predicted molar refractivity (Wildman–Crippen MR) is 144 cm³/mol. The molecular weight excluding hydrogens is 542 g/mol. The van der Waals surface area contributed by atoms with E-state index in [2.05, 4.69) is 20.0 Å². The Balaban J connectivity index is 1.34. The largest absolute Gasteiger partial charge is 0.476 e. The first kappa shape index (κ1) is 26.1. The second-order valence-electron chi connectivity index (χ2n) is 8.61. The fourth-order valence-electron chi connectivity index (χ4n) is 3.87. The molecule has 1 aliphatic heterocycles. The predicted octanol–water partition coefficient (Wildman–Crippen LogP) is 3.18. The quantitative estimate of drug-likeness (QED) is 0.347. The highest BCUT2D eigenvalue weighted by molar-refractivity contribution is 7.93. The summed E-state index contributed by atoms with van der Waals surface area (Å²) >= 11 is 0. The summed E-state index contributed by atoms with van der Waals surface area (Å²) in [4.78, 5) is 20.9. The highest BCUT2D eigenvalue weighted by Crippen LogP contribution is 2.37. The number of anilines is 3. The third kappa shape index (κ3) is 5.54. The van der Waals surface area contributed by atoms with Crippen LogP contribution in [0, 0.1) is 6.92 Å². The van der Waals surface area contributed by atoms with Crippen LogP contribution in [-0.2, 0) is 24.8 Å². The van der Waals surface area contributed by atoms with Crippen molar-refractivity contribution in [3.63, 3.8) is 0 Å². The van der Waals surface area contributed by atoms with Gasteiger partial charge in [0, 0.05) is 18.1 Å². The van der Waals surface area contributed by atoms with Gasteiger partial charge in [0.15, 0.2) is 6.10 Å². The van der Waals surface area contributed by atoms with Crippen molar-refractivity contribution in [1.29, 1.82) is 0 Å². The van der Waals surface area contributed by atoms with Gasteiger partial charge in [-0.15, -0.1) is 0 Å². The Bertz CT molecular complexity index is 1710. The average Bonchev–Trinajstić information content (AvgIpc) is 2.93. The minimum Gasteiger partial charge on any atom is -0.476 e. The molecule has 1 atom stereocenters. The fraction of sp³-hybridized carbons (Fsp3) is 0.115. The standard InChI is InChI=1S/C26H23N5O6S2/c1-18-7-11-21(12-8-18)39(35,36)31-17-24(37-23-6-3-2-5-22(23)31)25(32)29-19-9-13-20(14-10-19)38(33,34)30-26-27-15-4-16-28-26/h2-16,24H,17H2,1H3,(H,29,32)(H,27,28,30). The third-order valence-electron chi connectivity index (χ3n) is 5.86. The zero-order valence-corrected chi connectivity index (χ0v) is 22.2. The summed E-state index contributed by atoms with van der Waals surface area (Å²) in [6, 6.07) is 20.0. The van der Waals surface area contributed by atoms with Crippen molar-refractivity contribution >= 4 is 43.3 Å². The van der Waals surface area contributed by atoms with Gasteiger partial charge in [-0.2, -0.15) is 0 Å². The number of nitrogens with zero attached hydrogens (tertiary/aromatic N) is 3. The summed E-state index contributed by atoms with van der Waals surface area (Å²) in [7, 11) is -7.94. The van der Waals surface area contributed by atoms with Gasteiger partial charge >= 0.3 is 0 Å². The van der Waals surface area contributed by atoms with Crippen LogP contribution >= 0.6 is 0 Å². The van der Waals surface area contributed by atoms with Crippen LogP contribution in [0.3, 0.4) is 0 Å². The van der Waals surface area contributed by atoms with Crippen LogP contribution in [0.15, 0.2) is 101 Å². The molecule has 0 aliphatic carbocycles. The van der Waals surface area contributed by atoms with Crippen LogP contribution in [-0.4, -0.2) is 45.4 Å². The van der Waals surface area contributed by atoms with E-state index in [9.17, 15) is 21.6 Å². The lowest BCUT2D eigenvalue weighted by Crippen LogP contribution is -2.48. The number of hydrogen-bond donors (Lipinski definition) is 2. The van der Waals surface area contributed by atoms with E-state index in [4.69, 9.17) is 4.74 Å². The first-order chi connectivity index (χ1) is 18.6. The van der Waals surface area contributed by atoms with Crippen LogP contribution in [0.25, 0.3) is 0 Å². The van der Waals surface area contributed by atoms with Gasteiger partial charge in [0.1, 0.15) is 5.75 Å². The molecule has 39 heavy (non-hydrogen) atoms. The van der Waals surface area contributed by atoms with Gasteiger partial charge in [-0.3, -0.25) is 9.10 Å². The Hall–Kier alpha value is -4.49. The Morgan fingerprint density at radius 2 is 1.51 bits per heavy atom. The van der Waals surface area contributed by atoms with Crippen molar-refractivity contribution in [1.82, 2.24) is 9.97 Å². The Morgan fingerprint density at radius 1 is 0.872 bits per heavy atom. The number of benzene rings is 3. The van der Waals surface area contributed by atoms with Crippen LogP contribution in [0.2, 0.25) is 0 Å². The van der Waals surface area contributed by atoms with E-state index in [1.165, 1.54) is 48.8 Å². The van der Waals surface area contributed by atoms with Crippen molar-refractivity contribution < 1.29 is 26.4 Å². The van der Waals surface area contributed by atoms with Crippen molar-refractivity contribution in [2.45, 2.75) is 22.8 Å². The molecule has 200 valence electrons. The maximum atomic E-state index is 13.5. The van der Waals surface area contributed by atoms with E-state index in [0.717, 1.165) is 9.87 Å². The molecule has 1 amide bonds. The maximum Gasteiger partial charge on any atom is 0.267 e. The topological polar surface area (TPSA) is 148 Å². The Morgan fingerprint density at radius 3 is 2.21 bits per heavy atom. The minimum absolute atomic E-state index is 0.0637. The number of nitrogens with one attached hydrogen (secondary N) is 2. The monoisotopic (exact) mass is 565 g/mol. The molecule has 0 fully saturated rings. The average molecular weight is 566 g/mol. The van der Waals surface area contributed by atoms with Gasteiger partial charge < -0.3 is 10.1 Å². The lowest BCUT2D eigenvalue weighted by Gasteiger charge is -2.34. The summed E-state index contributed by atoms with van der Waals surface area (Å²) in [5.41, 5.74) is 1.54. The van der Waals surface area contributed by atoms with Crippen LogP contribution in [0.1, 0.15) is 5.56 Å². The fourth-order valence-corrected chi connectivity index (χ4v) is 6.31. The number of aromatic nitrogens is 2. The highest BCUT2D eigenvalue weighted by Gasteiger charge is 2.37. The molecule has 2 N–H and O–H groups in total. The van der Waals surface area contributed by atoms with E-state index in [-0.39, 0.29) is 28.0 Å². The van der Waals surface area contributed by atoms with Crippen molar-refractivity contribution in [3.8, 4) is 5.75 Å². The molecule has 1 aromatic heterocycles. The van der Waals surface area contributed by atoms with E-state index < -0.39 is 32.1 Å². The van der Waals surface area contributed by atoms with E-state index >= 15 is 0 Å². The van der Waals surface area contributed by atoms with Crippen molar-refractivity contribution in [3.05, 3.63) is 96.8 Å². The molecule has 0 bridgehead atoms. The lowest BCUT2D eigenvalue weighted by molar-refractivity contribution is -0.122. The van der Waals surface area contributed by atoms with Crippen molar-refractivity contribution in [2.75, 3.05) is 20.9 Å². The number of rotatable bonds is 7. The van der Waals surface area contributed by atoms with Crippen LogP contribution < -0.4 is 19.1 Å². The van der Waals surface area contributed by atoms with Crippen LogP contribution in [0.4, 0.5) is 17.3 Å². The molecule has 3 aromatic carbocycles. The second-order valence-corrected chi connectivity index (χ2v) is 12.2. The lowest BCUT2D eigenvalue weighted by atomic mass is 10.2. The highest BCUT2D eigenvalue weighted by atomic mass is 32.2. The first-order valence-electron chi connectivity index (χ1n) is 11.7. The molecule has 5 rings (SSSR count). The molecular formula is C26H23N5O6S2. The number of carbonyl (C=O) groups excluding carboxylic acids is 1. The van der Waals surface area contributed by atoms with Gasteiger partial charge in [0.25, 0.3) is 26.0 Å². The number of fused-ring (bicyclic) bond motifs is 1. The summed E-state index contributed by atoms with van der Waals surface area (Å²) in [6.45, 7) is 1.60. The molecule has 11 nitrogen and oxygen atoms in total. The van der Waals surface area contributed by atoms with Gasteiger partial charge in [0.2, 0.25) is 5.95 Å². The zero-order valence-electron chi connectivity index (χ0n) is 20.6. The van der Waals surface area contributed by atoms with Gasteiger partial charge in [0.05, 0.1) is 22.0 Å². The van der Waals surface area contributed by atoms with E-state index in [1.807, 2.05) is 6.92 Å². The number of para-hydroxylation sites is 2. The zero-order chi connectivity index (χ0) is 27.6. The minimum atomic E-state index is -3.99. The molecule has 0 saturated heterocycles. The number of hydrogen-bond acceptors (Lipinski definition) is 8. The van der Waals surface area contributed by atoms with Crippen molar-refractivity contribution in [2.24, 2.45) is 0 Å². The normalized spacial score (nSPS) is 15.1. The molecule has 13 heteroatoms. The molecule has 2 heterocycles. The Labute approximate surface area is 225 Å².